The fourth-order valence-electron chi connectivity index (χ4n) is 2.94. The Morgan fingerprint density at radius 1 is 1.40 bits per heavy atom. The van der Waals surface area contributed by atoms with E-state index in [1.54, 1.807) is 12.4 Å². The van der Waals surface area contributed by atoms with Gasteiger partial charge in [0, 0.05) is 25.5 Å². The molecule has 1 aliphatic heterocycles. The Balaban J connectivity index is 1.73. The summed E-state index contributed by atoms with van der Waals surface area (Å²) >= 11 is 1.34. The van der Waals surface area contributed by atoms with Gasteiger partial charge in [0.15, 0.2) is 0 Å². The molecule has 1 fully saturated rings. The lowest BCUT2D eigenvalue weighted by atomic mass is 10.1. The van der Waals surface area contributed by atoms with Crippen molar-refractivity contribution < 1.29 is 9.53 Å². The number of nitrogens with zero attached hydrogens (tertiary/aromatic N) is 4. The Morgan fingerprint density at radius 2 is 2.20 bits per heavy atom. The maximum absolute atomic E-state index is 13.0. The summed E-state index contributed by atoms with van der Waals surface area (Å²) in [6.45, 7) is 7.34. The third kappa shape index (κ3) is 4.39. The molecule has 0 saturated carbocycles. The van der Waals surface area contributed by atoms with Crippen molar-refractivity contribution in [3.05, 3.63) is 40.7 Å². The van der Waals surface area contributed by atoms with Gasteiger partial charge in [-0.15, -0.1) is 5.10 Å². The molecule has 0 spiro atoms. The summed E-state index contributed by atoms with van der Waals surface area (Å²) in [4.78, 5) is 20.3. The molecule has 1 N–H and O–H groups in total. The number of pyridine rings is 1. The van der Waals surface area contributed by atoms with Gasteiger partial charge in [-0.1, -0.05) is 24.4 Å². The van der Waals surface area contributed by atoms with Crippen LogP contribution in [0.4, 0.5) is 0 Å². The van der Waals surface area contributed by atoms with Crippen molar-refractivity contribution in [3.63, 3.8) is 0 Å². The quantitative estimate of drug-likeness (QED) is 0.844. The van der Waals surface area contributed by atoms with E-state index >= 15 is 0 Å². The van der Waals surface area contributed by atoms with Crippen molar-refractivity contribution >= 4 is 17.4 Å². The third-order valence-corrected chi connectivity index (χ3v) is 4.95. The number of rotatable bonds is 6. The number of hydrogen-bond acceptors (Lipinski definition) is 7. The van der Waals surface area contributed by atoms with E-state index < -0.39 is 0 Å². The van der Waals surface area contributed by atoms with Crippen molar-refractivity contribution in [1.29, 1.82) is 0 Å². The number of morpholine rings is 1. The second kappa shape index (κ2) is 8.46. The first-order chi connectivity index (χ1) is 12.2. The lowest BCUT2D eigenvalue weighted by Crippen LogP contribution is -2.45. The molecular weight excluding hydrogens is 338 g/mol. The smallest absolute Gasteiger partial charge is 0.242 e. The molecule has 0 bridgehead atoms. The van der Waals surface area contributed by atoms with E-state index in [-0.39, 0.29) is 11.9 Å². The predicted octanol–water partition coefficient (Wildman–Crippen LogP) is 1.75. The molecule has 1 amide bonds. The zero-order valence-electron chi connectivity index (χ0n) is 14.5. The molecule has 3 rings (SSSR count). The SMILES string of the molecule is CC(C)c1nnsc1CNC(=O)[C@H](c1cccnc1)N1CCOCC1. The molecule has 7 nitrogen and oxygen atoms in total. The number of aromatic nitrogens is 3. The molecule has 1 saturated heterocycles. The standard InChI is InChI=1S/C17H23N5O2S/c1-12(2)15-14(25-21-20-15)11-19-17(23)16(13-4-3-5-18-10-13)22-6-8-24-9-7-22/h3-5,10,12,16H,6-9,11H2,1-2H3,(H,19,23)/t16-/m0/s1. The Labute approximate surface area is 151 Å². The second-order valence-electron chi connectivity index (χ2n) is 6.29. The molecule has 0 aliphatic carbocycles. The number of hydrogen-bond donors (Lipinski definition) is 1. The molecule has 2 aromatic heterocycles. The maximum Gasteiger partial charge on any atom is 0.242 e. The lowest BCUT2D eigenvalue weighted by Gasteiger charge is -2.33. The first kappa shape index (κ1) is 17.9. The van der Waals surface area contributed by atoms with E-state index in [0.29, 0.717) is 25.7 Å². The molecule has 1 atom stereocenters. The molecule has 8 heteroatoms. The van der Waals surface area contributed by atoms with E-state index in [1.807, 2.05) is 12.1 Å². The number of carbonyl (C=O) groups excluding carboxylic acids is 1. The van der Waals surface area contributed by atoms with Crippen LogP contribution in [0.25, 0.3) is 0 Å². The minimum atomic E-state index is -0.360. The van der Waals surface area contributed by atoms with Gasteiger partial charge in [0.25, 0.3) is 0 Å². The first-order valence-corrected chi connectivity index (χ1v) is 9.24. The molecule has 25 heavy (non-hydrogen) atoms. The second-order valence-corrected chi connectivity index (χ2v) is 7.13. The first-order valence-electron chi connectivity index (χ1n) is 8.47. The van der Waals surface area contributed by atoms with Gasteiger partial charge in [0.05, 0.1) is 30.3 Å². The van der Waals surface area contributed by atoms with Gasteiger partial charge >= 0.3 is 0 Å². The minimum absolute atomic E-state index is 0.0296. The van der Waals surface area contributed by atoms with E-state index in [1.165, 1.54) is 11.5 Å². The van der Waals surface area contributed by atoms with Gasteiger partial charge in [0.2, 0.25) is 5.91 Å². The van der Waals surface area contributed by atoms with Gasteiger partial charge in [-0.05, 0) is 29.1 Å². The van der Waals surface area contributed by atoms with Crippen molar-refractivity contribution in [2.24, 2.45) is 0 Å². The Kier molecular flexibility index (Phi) is 6.06. The van der Waals surface area contributed by atoms with Crippen LogP contribution in [0.15, 0.2) is 24.5 Å². The van der Waals surface area contributed by atoms with Gasteiger partial charge in [-0.2, -0.15) is 0 Å². The molecule has 0 aromatic carbocycles. The molecule has 0 unspecified atom stereocenters. The molecule has 134 valence electrons. The van der Waals surface area contributed by atoms with Crippen LogP contribution in [-0.4, -0.2) is 51.7 Å². The Bertz CT molecular complexity index is 685. The summed E-state index contributed by atoms with van der Waals surface area (Å²) in [6, 6.07) is 3.45. The van der Waals surface area contributed by atoms with Gasteiger partial charge in [-0.3, -0.25) is 14.7 Å². The Hall–Kier alpha value is -1.90. The number of carbonyl (C=O) groups is 1. The highest BCUT2D eigenvalue weighted by molar-refractivity contribution is 7.05. The fraction of sp³-hybridized carbons (Fsp3) is 0.529. The fourth-order valence-corrected chi connectivity index (χ4v) is 3.68. The molecule has 0 radical (unpaired) electrons. The highest BCUT2D eigenvalue weighted by atomic mass is 32.1. The van der Waals surface area contributed by atoms with Crippen molar-refractivity contribution in [3.8, 4) is 0 Å². The van der Waals surface area contributed by atoms with E-state index in [0.717, 1.165) is 29.2 Å². The minimum Gasteiger partial charge on any atom is -0.379 e. The molecular formula is C17H23N5O2S. The Morgan fingerprint density at radius 3 is 2.88 bits per heavy atom. The summed E-state index contributed by atoms with van der Waals surface area (Å²) in [5.74, 6) is 0.261. The number of nitrogens with one attached hydrogen (secondary N) is 1. The summed E-state index contributed by atoms with van der Waals surface area (Å²) in [7, 11) is 0. The summed E-state index contributed by atoms with van der Waals surface area (Å²) in [5, 5.41) is 7.22. The maximum atomic E-state index is 13.0. The van der Waals surface area contributed by atoms with Gasteiger partial charge < -0.3 is 10.1 Å². The third-order valence-electron chi connectivity index (χ3n) is 4.21. The van der Waals surface area contributed by atoms with Gasteiger partial charge in [0.1, 0.15) is 6.04 Å². The summed E-state index contributed by atoms with van der Waals surface area (Å²) in [5.41, 5.74) is 1.85. The molecule has 1 aliphatic rings. The number of ether oxygens (including phenoxy) is 1. The molecule has 2 aromatic rings. The highest BCUT2D eigenvalue weighted by Gasteiger charge is 2.29. The van der Waals surface area contributed by atoms with Crippen LogP contribution in [0, 0.1) is 0 Å². The zero-order valence-corrected chi connectivity index (χ0v) is 15.3. The summed E-state index contributed by atoms with van der Waals surface area (Å²) < 4.78 is 9.44. The predicted molar refractivity (Wildman–Crippen MR) is 95.2 cm³/mol. The van der Waals surface area contributed by atoms with E-state index in [2.05, 4.69) is 38.6 Å². The van der Waals surface area contributed by atoms with Crippen LogP contribution in [-0.2, 0) is 16.1 Å². The zero-order chi connectivity index (χ0) is 17.6. The van der Waals surface area contributed by atoms with Gasteiger partial charge in [-0.25, -0.2) is 0 Å². The summed E-state index contributed by atoms with van der Waals surface area (Å²) in [6.07, 6.45) is 3.48. The normalized spacial score (nSPS) is 16.8. The largest absolute Gasteiger partial charge is 0.379 e. The van der Waals surface area contributed by atoms with Crippen LogP contribution in [0.1, 0.15) is 41.9 Å². The van der Waals surface area contributed by atoms with E-state index in [9.17, 15) is 4.79 Å². The topological polar surface area (TPSA) is 80.2 Å². The number of amides is 1. The van der Waals surface area contributed by atoms with Crippen LogP contribution < -0.4 is 5.32 Å². The van der Waals surface area contributed by atoms with Crippen molar-refractivity contribution in [2.75, 3.05) is 26.3 Å². The highest BCUT2D eigenvalue weighted by Crippen LogP contribution is 2.23. The average molecular weight is 361 g/mol. The lowest BCUT2D eigenvalue weighted by molar-refractivity contribution is -0.128. The molecule has 3 heterocycles. The van der Waals surface area contributed by atoms with Crippen molar-refractivity contribution in [2.45, 2.75) is 32.4 Å². The average Bonchev–Trinajstić information content (AvgIpc) is 3.11. The van der Waals surface area contributed by atoms with Crippen LogP contribution in [0.2, 0.25) is 0 Å². The van der Waals surface area contributed by atoms with E-state index in [4.69, 9.17) is 4.74 Å². The van der Waals surface area contributed by atoms with Crippen LogP contribution >= 0.6 is 11.5 Å². The monoisotopic (exact) mass is 361 g/mol. The van der Waals surface area contributed by atoms with Crippen LogP contribution in [0.3, 0.4) is 0 Å². The van der Waals surface area contributed by atoms with Crippen LogP contribution in [0.5, 0.6) is 0 Å². The van der Waals surface area contributed by atoms with Crippen molar-refractivity contribution in [1.82, 2.24) is 24.8 Å².